The highest BCUT2D eigenvalue weighted by Crippen LogP contribution is 2.21. The van der Waals surface area contributed by atoms with Crippen molar-refractivity contribution in [3.63, 3.8) is 0 Å². The SMILES string of the molecule is CC(C)(C)OC(=O)C1CCCCN1C(=O)CCS. The van der Waals surface area contributed by atoms with Crippen LogP contribution in [-0.2, 0) is 14.3 Å². The van der Waals surface area contributed by atoms with Crippen LogP contribution in [0.15, 0.2) is 0 Å². The zero-order valence-electron chi connectivity index (χ0n) is 11.4. The van der Waals surface area contributed by atoms with Gasteiger partial charge in [-0.1, -0.05) is 0 Å². The number of carbonyl (C=O) groups excluding carboxylic acids is 2. The lowest BCUT2D eigenvalue weighted by atomic mass is 10.0. The van der Waals surface area contributed by atoms with Crippen LogP contribution >= 0.6 is 12.6 Å². The van der Waals surface area contributed by atoms with E-state index in [2.05, 4.69) is 12.6 Å². The molecule has 1 heterocycles. The van der Waals surface area contributed by atoms with Crippen LogP contribution in [0.3, 0.4) is 0 Å². The van der Waals surface area contributed by atoms with Crippen molar-refractivity contribution in [1.29, 1.82) is 0 Å². The Kier molecular flexibility index (Phi) is 5.50. The molecule has 18 heavy (non-hydrogen) atoms. The fourth-order valence-corrected chi connectivity index (χ4v) is 2.28. The Hall–Kier alpha value is -0.710. The molecule has 0 aromatic rings. The highest BCUT2D eigenvalue weighted by molar-refractivity contribution is 7.80. The van der Waals surface area contributed by atoms with E-state index in [4.69, 9.17) is 4.74 Å². The van der Waals surface area contributed by atoms with Crippen molar-refractivity contribution in [2.24, 2.45) is 0 Å². The van der Waals surface area contributed by atoms with Crippen LogP contribution in [0, 0.1) is 0 Å². The monoisotopic (exact) mass is 273 g/mol. The Labute approximate surface area is 114 Å². The Morgan fingerprint density at radius 1 is 1.33 bits per heavy atom. The minimum Gasteiger partial charge on any atom is -0.458 e. The van der Waals surface area contributed by atoms with E-state index in [1.807, 2.05) is 20.8 Å². The molecule has 1 unspecified atom stereocenters. The zero-order chi connectivity index (χ0) is 13.8. The number of esters is 1. The van der Waals surface area contributed by atoms with Crippen LogP contribution in [0.1, 0.15) is 46.5 Å². The second kappa shape index (κ2) is 6.45. The molecule has 4 nitrogen and oxygen atoms in total. The van der Waals surface area contributed by atoms with Gasteiger partial charge >= 0.3 is 5.97 Å². The van der Waals surface area contributed by atoms with E-state index >= 15 is 0 Å². The quantitative estimate of drug-likeness (QED) is 0.632. The highest BCUT2D eigenvalue weighted by atomic mass is 32.1. The van der Waals surface area contributed by atoms with Gasteiger partial charge in [0.05, 0.1) is 0 Å². The van der Waals surface area contributed by atoms with Crippen molar-refractivity contribution in [1.82, 2.24) is 4.90 Å². The van der Waals surface area contributed by atoms with Gasteiger partial charge in [-0.2, -0.15) is 12.6 Å². The molecule has 104 valence electrons. The van der Waals surface area contributed by atoms with Crippen LogP contribution in [0.2, 0.25) is 0 Å². The van der Waals surface area contributed by atoms with E-state index in [1.54, 1.807) is 4.90 Å². The molecule has 0 spiro atoms. The van der Waals surface area contributed by atoms with Crippen LogP contribution < -0.4 is 0 Å². The molecule has 0 bridgehead atoms. The highest BCUT2D eigenvalue weighted by Gasteiger charge is 2.34. The van der Waals surface area contributed by atoms with Gasteiger partial charge in [-0.3, -0.25) is 4.79 Å². The summed E-state index contributed by atoms with van der Waals surface area (Å²) in [5.74, 6) is 0.228. The first kappa shape index (κ1) is 15.3. The lowest BCUT2D eigenvalue weighted by molar-refractivity contribution is -0.166. The summed E-state index contributed by atoms with van der Waals surface area (Å²) in [7, 11) is 0. The summed E-state index contributed by atoms with van der Waals surface area (Å²) in [6.07, 6.45) is 3.00. The number of amides is 1. The van der Waals surface area contributed by atoms with Crippen LogP contribution in [-0.4, -0.2) is 40.7 Å². The maximum Gasteiger partial charge on any atom is 0.329 e. The molecule has 1 saturated heterocycles. The van der Waals surface area contributed by atoms with Gasteiger partial charge in [0.25, 0.3) is 0 Å². The predicted octanol–water partition coefficient (Wildman–Crippen LogP) is 2.03. The summed E-state index contributed by atoms with van der Waals surface area (Å²) in [5, 5.41) is 0. The van der Waals surface area contributed by atoms with Crippen molar-refractivity contribution in [2.45, 2.75) is 58.1 Å². The number of nitrogens with zero attached hydrogens (tertiary/aromatic N) is 1. The molecule has 5 heteroatoms. The lowest BCUT2D eigenvalue weighted by Gasteiger charge is -2.35. The molecule has 1 amide bonds. The average Bonchev–Trinajstić information content (AvgIpc) is 2.27. The molecule has 0 aromatic carbocycles. The van der Waals surface area contributed by atoms with Crippen molar-refractivity contribution < 1.29 is 14.3 Å². The number of carbonyl (C=O) groups is 2. The van der Waals surface area contributed by atoms with Gasteiger partial charge in [0.2, 0.25) is 5.91 Å². The van der Waals surface area contributed by atoms with Gasteiger partial charge in [-0.05, 0) is 45.8 Å². The third-order valence-corrected chi connectivity index (χ3v) is 3.05. The van der Waals surface area contributed by atoms with E-state index in [1.165, 1.54) is 0 Å². The number of rotatable bonds is 3. The van der Waals surface area contributed by atoms with E-state index < -0.39 is 11.6 Å². The predicted molar refractivity (Wildman–Crippen MR) is 73.7 cm³/mol. The first-order chi connectivity index (χ1) is 8.35. The second-order valence-electron chi connectivity index (χ2n) is 5.61. The third kappa shape index (κ3) is 4.52. The average molecular weight is 273 g/mol. The molecular weight excluding hydrogens is 250 g/mol. The molecule has 0 radical (unpaired) electrons. The Morgan fingerprint density at radius 2 is 2.00 bits per heavy atom. The van der Waals surface area contributed by atoms with Gasteiger partial charge in [0, 0.05) is 13.0 Å². The number of likely N-dealkylation sites (tertiary alicyclic amines) is 1. The van der Waals surface area contributed by atoms with E-state index in [0.717, 1.165) is 12.8 Å². The summed E-state index contributed by atoms with van der Waals surface area (Å²) in [6, 6.07) is -0.412. The first-order valence-electron chi connectivity index (χ1n) is 6.48. The molecule has 1 fully saturated rings. The maximum absolute atomic E-state index is 12.1. The summed E-state index contributed by atoms with van der Waals surface area (Å²) >= 11 is 4.07. The summed E-state index contributed by atoms with van der Waals surface area (Å²) in [5.41, 5.74) is -0.507. The first-order valence-corrected chi connectivity index (χ1v) is 7.11. The molecule has 1 aliphatic rings. The standard InChI is InChI=1S/C13H23NO3S/c1-13(2,3)17-12(16)10-6-4-5-8-14(10)11(15)7-9-18/h10,18H,4-9H2,1-3H3. The zero-order valence-corrected chi connectivity index (χ0v) is 12.3. The molecule has 1 atom stereocenters. The minimum absolute atomic E-state index is 0.000518. The third-order valence-electron chi connectivity index (χ3n) is 2.83. The van der Waals surface area contributed by atoms with Crippen molar-refractivity contribution in [3.8, 4) is 0 Å². The summed E-state index contributed by atoms with van der Waals surface area (Å²) < 4.78 is 5.38. The molecular formula is C13H23NO3S. The van der Waals surface area contributed by atoms with Crippen LogP contribution in [0.5, 0.6) is 0 Å². The van der Waals surface area contributed by atoms with E-state index in [9.17, 15) is 9.59 Å². The maximum atomic E-state index is 12.1. The van der Waals surface area contributed by atoms with Crippen molar-refractivity contribution >= 4 is 24.5 Å². The van der Waals surface area contributed by atoms with Gasteiger partial charge in [-0.25, -0.2) is 4.79 Å². The van der Waals surface area contributed by atoms with Crippen molar-refractivity contribution in [2.75, 3.05) is 12.3 Å². The van der Waals surface area contributed by atoms with Crippen LogP contribution in [0.25, 0.3) is 0 Å². The molecule has 1 rings (SSSR count). The molecule has 0 saturated carbocycles. The minimum atomic E-state index is -0.507. The Balaban J connectivity index is 2.70. The van der Waals surface area contributed by atoms with E-state index in [0.29, 0.717) is 25.1 Å². The van der Waals surface area contributed by atoms with Crippen molar-refractivity contribution in [3.05, 3.63) is 0 Å². The number of piperidine rings is 1. The van der Waals surface area contributed by atoms with Crippen LogP contribution in [0.4, 0.5) is 0 Å². The topological polar surface area (TPSA) is 46.6 Å². The normalized spacial score (nSPS) is 20.7. The van der Waals surface area contributed by atoms with Gasteiger partial charge in [0.1, 0.15) is 11.6 Å². The molecule has 0 aliphatic carbocycles. The smallest absolute Gasteiger partial charge is 0.329 e. The van der Waals surface area contributed by atoms with Gasteiger partial charge < -0.3 is 9.64 Å². The fourth-order valence-electron chi connectivity index (χ4n) is 2.08. The molecule has 0 N–H and O–H groups in total. The molecule has 0 aromatic heterocycles. The Bertz CT molecular complexity index is 312. The lowest BCUT2D eigenvalue weighted by Crippen LogP contribution is -2.50. The Morgan fingerprint density at radius 3 is 2.56 bits per heavy atom. The molecule has 1 aliphatic heterocycles. The second-order valence-corrected chi connectivity index (χ2v) is 6.05. The largest absolute Gasteiger partial charge is 0.458 e. The van der Waals surface area contributed by atoms with Gasteiger partial charge in [-0.15, -0.1) is 0 Å². The number of ether oxygens (including phenoxy) is 1. The van der Waals surface area contributed by atoms with Gasteiger partial charge in [0.15, 0.2) is 0 Å². The number of thiol groups is 1. The van der Waals surface area contributed by atoms with E-state index in [-0.39, 0.29) is 11.9 Å². The number of hydrogen-bond donors (Lipinski definition) is 1. The fraction of sp³-hybridized carbons (Fsp3) is 0.846. The number of hydrogen-bond acceptors (Lipinski definition) is 4. The summed E-state index contributed by atoms with van der Waals surface area (Å²) in [4.78, 5) is 25.7. The summed E-state index contributed by atoms with van der Waals surface area (Å²) in [6.45, 7) is 6.17.